The van der Waals surface area contributed by atoms with E-state index in [-0.39, 0.29) is 5.92 Å². The molecule has 152 valence electrons. The Morgan fingerprint density at radius 1 is 1.21 bits per heavy atom. The van der Waals surface area contributed by atoms with Crippen molar-refractivity contribution in [2.45, 2.75) is 59.6 Å². The lowest BCUT2D eigenvalue weighted by Crippen LogP contribution is -2.48. The van der Waals surface area contributed by atoms with Crippen molar-refractivity contribution in [3.05, 3.63) is 39.7 Å². The Labute approximate surface area is 163 Å². The number of benzene rings is 1. The molecule has 2 aromatic rings. The van der Waals surface area contributed by atoms with Gasteiger partial charge in [0, 0.05) is 6.07 Å². The number of fused-ring (bicyclic) bond motifs is 1. The van der Waals surface area contributed by atoms with Crippen LogP contribution in [0.15, 0.2) is 27.4 Å². The zero-order chi connectivity index (χ0) is 21.0. The van der Waals surface area contributed by atoms with Gasteiger partial charge in [0.25, 0.3) is 5.91 Å². The Balaban J connectivity index is 2.38. The molecule has 1 aromatic carbocycles. The third-order valence-corrected chi connectivity index (χ3v) is 4.46. The normalized spacial score (nSPS) is 13.4. The number of hydrogen-bond acceptors (Lipinski definition) is 5. The highest BCUT2D eigenvalue weighted by atomic mass is 16.5. The third-order valence-electron chi connectivity index (χ3n) is 4.46. The summed E-state index contributed by atoms with van der Waals surface area (Å²) < 4.78 is 11.2. The summed E-state index contributed by atoms with van der Waals surface area (Å²) in [6.45, 7) is 8.84. The van der Waals surface area contributed by atoms with E-state index < -0.39 is 29.6 Å². The molecule has 28 heavy (non-hydrogen) atoms. The Kier molecular flexibility index (Phi) is 6.83. The van der Waals surface area contributed by atoms with Crippen LogP contribution in [0.25, 0.3) is 11.0 Å². The van der Waals surface area contributed by atoms with E-state index in [9.17, 15) is 19.5 Å². The van der Waals surface area contributed by atoms with E-state index in [4.69, 9.17) is 9.15 Å². The van der Waals surface area contributed by atoms with E-state index in [0.717, 1.165) is 17.5 Å². The number of nitrogens with one attached hydrogen (secondary N) is 1. The number of carboxylic acid groups (broad SMARTS) is 1. The van der Waals surface area contributed by atoms with Crippen LogP contribution < -0.4 is 15.7 Å². The van der Waals surface area contributed by atoms with Crippen LogP contribution in [-0.2, 0) is 16.0 Å². The van der Waals surface area contributed by atoms with E-state index in [1.54, 1.807) is 32.9 Å². The molecule has 0 aliphatic carbocycles. The molecule has 1 aromatic heterocycles. The van der Waals surface area contributed by atoms with Crippen molar-refractivity contribution >= 4 is 22.8 Å². The zero-order valence-corrected chi connectivity index (χ0v) is 16.9. The molecule has 1 amide bonds. The average molecular weight is 389 g/mol. The number of carbonyl (C=O) groups is 2. The highest BCUT2D eigenvalue weighted by Gasteiger charge is 2.27. The lowest BCUT2D eigenvalue weighted by atomic mass is 10.0. The molecule has 0 spiro atoms. The number of ether oxygens (including phenoxy) is 1. The lowest BCUT2D eigenvalue weighted by Gasteiger charge is -2.22. The number of hydrogen-bond donors (Lipinski definition) is 2. The number of carboxylic acids is 1. The second-order valence-corrected chi connectivity index (χ2v) is 7.31. The van der Waals surface area contributed by atoms with Crippen LogP contribution >= 0.6 is 0 Å². The van der Waals surface area contributed by atoms with E-state index in [1.807, 2.05) is 13.8 Å². The number of aliphatic carboxylic acids is 1. The fraction of sp³-hybridized carbons (Fsp3) is 0.476. The summed E-state index contributed by atoms with van der Waals surface area (Å²) >= 11 is 0. The summed E-state index contributed by atoms with van der Waals surface area (Å²) in [5.74, 6) is -1.45. The van der Waals surface area contributed by atoms with Gasteiger partial charge in [0.2, 0.25) is 0 Å². The maximum atomic E-state index is 12.5. The van der Waals surface area contributed by atoms with Crippen LogP contribution in [0.2, 0.25) is 0 Å². The molecule has 0 aliphatic heterocycles. The van der Waals surface area contributed by atoms with Crippen LogP contribution in [0.5, 0.6) is 5.75 Å². The highest BCUT2D eigenvalue weighted by molar-refractivity contribution is 5.89. The first-order chi connectivity index (χ1) is 13.1. The Hall–Kier alpha value is -2.83. The van der Waals surface area contributed by atoms with E-state index in [0.29, 0.717) is 23.1 Å². The van der Waals surface area contributed by atoms with Crippen LogP contribution in [0.4, 0.5) is 0 Å². The van der Waals surface area contributed by atoms with Crippen molar-refractivity contribution in [3.63, 3.8) is 0 Å². The van der Waals surface area contributed by atoms with Gasteiger partial charge in [-0.1, -0.05) is 27.2 Å². The molecule has 2 rings (SSSR count). The molecule has 7 nitrogen and oxygen atoms in total. The fourth-order valence-electron chi connectivity index (χ4n) is 3.06. The van der Waals surface area contributed by atoms with Crippen LogP contribution in [-0.4, -0.2) is 29.1 Å². The molecule has 2 atom stereocenters. The summed E-state index contributed by atoms with van der Waals surface area (Å²) in [6, 6.07) is 3.98. The summed E-state index contributed by atoms with van der Waals surface area (Å²) in [7, 11) is 0. The van der Waals surface area contributed by atoms with Crippen LogP contribution in [0, 0.1) is 12.8 Å². The second-order valence-electron chi connectivity index (χ2n) is 7.31. The second kappa shape index (κ2) is 8.91. The van der Waals surface area contributed by atoms with Crippen molar-refractivity contribution < 1.29 is 23.8 Å². The number of amides is 1. The molecule has 0 fully saturated rings. The lowest BCUT2D eigenvalue weighted by molar-refractivity contribution is -0.144. The minimum atomic E-state index is -1.09. The highest BCUT2D eigenvalue weighted by Crippen LogP contribution is 2.31. The van der Waals surface area contributed by atoms with Gasteiger partial charge in [-0.2, -0.15) is 0 Å². The molecule has 0 saturated carbocycles. The third kappa shape index (κ3) is 4.91. The van der Waals surface area contributed by atoms with Crippen molar-refractivity contribution in [2.24, 2.45) is 5.92 Å². The summed E-state index contributed by atoms with van der Waals surface area (Å²) in [4.78, 5) is 35.7. The van der Waals surface area contributed by atoms with Gasteiger partial charge in [0.1, 0.15) is 17.4 Å². The van der Waals surface area contributed by atoms with Crippen molar-refractivity contribution in [2.75, 3.05) is 0 Å². The summed E-state index contributed by atoms with van der Waals surface area (Å²) in [5.41, 5.74) is 1.59. The first kappa shape index (κ1) is 21.5. The molecular formula is C21H27NO6. The van der Waals surface area contributed by atoms with E-state index >= 15 is 0 Å². The number of carbonyl (C=O) groups excluding carboxylic acids is 1. The first-order valence-corrected chi connectivity index (χ1v) is 9.41. The van der Waals surface area contributed by atoms with Gasteiger partial charge in [-0.25, -0.2) is 9.59 Å². The minimum Gasteiger partial charge on any atom is -0.480 e. The van der Waals surface area contributed by atoms with Crippen molar-refractivity contribution in [1.82, 2.24) is 5.32 Å². The maximum absolute atomic E-state index is 12.5. The zero-order valence-electron chi connectivity index (χ0n) is 16.9. The SMILES string of the molecule is CCCc1cc(=O)oc2cc(C)cc(OC(C)C(=O)NC(C(=O)O)C(C)C)c12. The fourth-order valence-corrected chi connectivity index (χ4v) is 3.06. The number of rotatable bonds is 8. The summed E-state index contributed by atoms with van der Waals surface area (Å²) in [6.07, 6.45) is 0.569. The Bertz CT molecular complexity index is 930. The average Bonchev–Trinajstić information content (AvgIpc) is 2.57. The van der Waals surface area contributed by atoms with Crippen LogP contribution in [0.1, 0.15) is 45.2 Å². The van der Waals surface area contributed by atoms with Gasteiger partial charge in [-0.15, -0.1) is 0 Å². The van der Waals surface area contributed by atoms with Gasteiger partial charge in [-0.05, 0) is 49.4 Å². The molecule has 0 bridgehead atoms. The molecule has 1 heterocycles. The van der Waals surface area contributed by atoms with Crippen molar-refractivity contribution in [3.8, 4) is 5.75 Å². The summed E-state index contributed by atoms with van der Waals surface area (Å²) in [5, 5.41) is 12.4. The number of aryl methyl sites for hydroxylation is 2. The smallest absolute Gasteiger partial charge is 0.336 e. The molecule has 0 radical (unpaired) electrons. The minimum absolute atomic E-state index is 0.265. The monoisotopic (exact) mass is 389 g/mol. The molecular weight excluding hydrogens is 362 g/mol. The molecule has 0 aliphatic rings. The first-order valence-electron chi connectivity index (χ1n) is 9.41. The van der Waals surface area contributed by atoms with Gasteiger partial charge in [0.05, 0.1) is 5.39 Å². The predicted octanol–water partition coefficient (Wildman–Crippen LogP) is 3.05. The molecule has 2 unspecified atom stereocenters. The molecule has 7 heteroatoms. The van der Waals surface area contributed by atoms with Gasteiger partial charge in [0.15, 0.2) is 6.10 Å². The quantitative estimate of drug-likeness (QED) is 0.672. The Morgan fingerprint density at radius 2 is 1.89 bits per heavy atom. The van der Waals surface area contributed by atoms with Crippen LogP contribution in [0.3, 0.4) is 0 Å². The standard InChI is InChI=1S/C21H27NO6/c1-6-7-14-10-17(23)28-16-9-12(4)8-15(18(14)16)27-13(5)20(24)22-19(11(2)3)21(25)26/h8-11,13,19H,6-7H2,1-5H3,(H,22,24)(H,25,26). The van der Waals surface area contributed by atoms with Gasteiger partial charge < -0.3 is 19.6 Å². The predicted molar refractivity (Wildman–Crippen MR) is 106 cm³/mol. The van der Waals surface area contributed by atoms with E-state index in [2.05, 4.69) is 5.32 Å². The van der Waals surface area contributed by atoms with Gasteiger partial charge >= 0.3 is 11.6 Å². The molecule has 0 saturated heterocycles. The molecule has 2 N–H and O–H groups in total. The van der Waals surface area contributed by atoms with Gasteiger partial charge in [-0.3, -0.25) is 4.79 Å². The Morgan fingerprint density at radius 3 is 2.46 bits per heavy atom. The largest absolute Gasteiger partial charge is 0.480 e. The van der Waals surface area contributed by atoms with E-state index in [1.165, 1.54) is 6.07 Å². The topological polar surface area (TPSA) is 106 Å². The van der Waals surface area contributed by atoms with Crippen molar-refractivity contribution in [1.29, 1.82) is 0 Å². The maximum Gasteiger partial charge on any atom is 0.336 e.